The summed E-state index contributed by atoms with van der Waals surface area (Å²) in [5, 5.41) is 4.77. The molecule has 2 atom stereocenters. The number of esters is 1. The number of methoxy groups -OCH3 is 1. The third-order valence-corrected chi connectivity index (χ3v) is 7.01. The lowest BCUT2D eigenvalue weighted by molar-refractivity contribution is -0.140. The fourth-order valence-corrected chi connectivity index (χ4v) is 5.10. The van der Waals surface area contributed by atoms with Crippen LogP contribution in [0, 0.1) is 20.8 Å². The summed E-state index contributed by atoms with van der Waals surface area (Å²) in [7, 11) is 1.40. The number of hydrogen-bond acceptors (Lipinski definition) is 4. The molecule has 0 bridgehead atoms. The first-order valence-electron chi connectivity index (χ1n) is 10.8. The second-order valence-electron chi connectivity index (χ2n) is 8.19. The van der Waals surface area contributed by atoms with Crippen molar-refractivity contribution in [3.8, 4) is 5.69 Å². The fourth-order valence-electron chi connectivity index (χ4n) is 4.59. The van der Waals surface area contributed by atoms with Crippen LogP contribution in [0.1, 0.15) is 46.7 Å². The third-order valence-electron chi connectivity index (χ3n) is 6.25. The van der Waals surface area contributed by atoms with Crippen molar-refractivity contribution in [2.75, 3.05) is 13.7 Å². The number of aromatic nitrogens is 2. The molecule has 6 nitrogen and oxygen atoms in total. The Morgan fingerprint density at radius 3 is 2.70 bits per heavy atom. The highest BCUT2D eigenvalue weighted by Gasteiger charge is 2.41. The minimum atomic E-state index is -0.266. The molecule has 0 radical (unpaired) electrons. The Balaban J connectivity index is 1.82. The zero-order valence-corrected chi connectivity index (χ0v) is 20.7. The summed E-state index contributed by atoms with van der Waals surface area (Å²) in [6.07, 6.45) is 2.03. The van der Waals surface area contributed by atoms with E-state index in [0.717, 1.165) is 38.9 Å². The average Bonchev–Trinajstić information content (AvgIpc) is 3.29. The molecule has 1 aliphatic rings. The van der Waals surface area contributed by atoms with Gasteiger partial charge in [-0.1, -0.05) is 23.7 Å². The standard InChI is InChI=1S/C25H27ClN4O2S/c1-15-14-18(17(3)30(15)21-10-7-8-19(26)16(21)2)24-23(20-9-5-6-12-27-20)28-25(33)29(24)13-11-22(31)32-4/h5-10,12,14,23-24H,11,13H2,1-4H3,(H,28,33)/t23-,24-/m0/s1. The van der Waals surface area contributed by atoms with E-state index in [0.29, 0.717) is 11.7 Å². The predicted octanol–water partition coefficient (Wildman–Crippen LogP) is 4.99. The van der Waals surface area contributed by atoms with Crippen LogP contribution >= 0.6 is 23.8 Å². The van der Waals surface area contributed by atoms with Crippen LogP contribution < -0.4 is 5.32 Å². The number of aryl methyl sites for hydroxylation is 1. The number of nitrogens with zero attached hydrogens (tertiary/aromatic N) is 3. The molecule has 0 amide bonds. The molecule has 0 spiro atoms. The Kier molecular flexibility index (Phi) is 6.72. The topological polar surface area (TPSA) is 59.4 Å². The Hall–Kier alpha value is -2.90. The summed E-state index contributed by atoms with van der Waals surface area (Å²) < 4.78 is 7.10. The SMILES string of the molecule is COC(=O)CCN1C(=S)N[C@@H](c2ccccn2)[C@@H]1c1cc(C)n(-c2cccc(Cl)c2C)c1C. The molecule has 172 valence electrons. The van der Waals surface area contributed by atoms with E-state index in [2.05, 4.69) is 45.7 Å². The van der Waals surface area contributed by atoms with Crippen molar-refractivity contribution in [2.45, 2.75) is 39.3 Å². The van der Waals surface area contributed by atoms with E-state index in [1.165, 1.54) is 7.11 Å². The first-order chi connectivity index (χ1) is 15.8. The third kappa shape index (κ3) is 4.35. The van der Waals surface area contributed by atoms with Crippen LogP contribution in [-0.2, 0) is 9.53 Å². The summed E-state index contributed by atoms with van der Waals surface area (Å²) in [6.45, 7) is 6.68. The molecule has 1 N–H and O–H groups in total. The highest BCUT2D eigenvalue weighted by Crippen LogP contribution is 2.41. The van der Waals surface area contributed by atoms with Gasteiger partial charge in [0.05, 0.1) is 31.3 Å². The van der Waals surface area contributed by atoms with E-state index in [9.17, 15) is 4.79 Å². The monoisotopic (exact) mass is 482 g/mol. The van der Waals surface area contributed by atoms with Gasteiger partial charge in [-0.05, 0) is 74.4 Å². The lowest BCUT2D eigenvalue weighted by atomic mass is 9.96. The van der Waals surface area contributed by atoms with E-state index in [1.807, 2.05) is 37.3 Å². The van der Waals surface area contributed by atoms with Crippen LogP contribution in [0.4, 0.5) is 0 Å². The highest BCUT2D eigenvalue weighted by atomic mass is 35.5. The average molecular weight is 483 g/mol. The zero-order chi connectivity index (χ0) is 23.7. The van der Waals surface area contributed by atoms with E-state index in [1.54, 1.807) is 6.20 Å². The Bertz CT molecular complexity index is 1190. The first-order valence-corrected chi connectivity index (χ1v) is 11.6. The van der Waals surface area contributed by atoms with Crippen LogP contribution in [-0.4, -0.2) is 39.2 Å². The zero-order valence-electron chi connectivity index (χ0n) is 19.1. The van der Waals surface area contributed by atoms with Gasteiger partial charge in [0, 0.05) is 34.8 Å². The molecule has 3 aromatic rings. The van der Waals surface area contributed by atoms with E-state index in [4.69, 9.17) is 28.6 Å². The summed E-state index contributed by atoms with van der Waals surface area (Å²) in [6, 6.07) is 13.7. The van der Waals surface area contributed by atoms with E-state index >= 15 is 0 Å². The van der Waals surface area contributed by atoms with Crippen LogP contribution in [0.5, 0.6) is 0 Å². The molecule has 33 heavy (non-hydrogen) atoms. The fraction of sp³-hybridized carbons (Fsp3) is 0.320. The molecule has 1 fully saturated rings. The summed E-state index contributed by atoms with van der Waals surface area (Å²) in [5.41, 5.74) is 6.29. The second kappa shape index (κ2) is 9.53. The van der Waals surface area contributed by atoms with Gasteiger partial charge in [0.1, 0.15) is 0 Å². The molecule has 4 rings (SSSR count). The number of rotatable bonds is 6. The van der Waals surface area contributed by atoms with Crippen LogP contribution in [0.25, 0.3) is 5.69 Å². The second-order valence-corrected chi connectivity index (χ2v) is 8.99. The van der Waals surface area contributed by atoms with Gasteiger partial charge in [-0.25, -0.2) is 0 Å². The number of benzene rings is 1. The maximum absolute atomic E-state index is 11.9. The minimum absolute atomic E-state index is 0.128. The van der Waals surface area contributed by atoms with Crippen molar-refractivity contribution in [2.24, 2.45) is 0 Å². The van der Waals surface area contributed by atoms with Crippen molar-refractivity contribution >= 4 is 34.9 Å². The normalized spacial score (nSPS) is 17.8. The van der Waals surface area contributed by atoms with Crippen molar-refractivity contribution < 1.29 is 9.53 Å². The van der Waals surface area contributed by atoms with Gasteiger partial charge in [-0.3, -0.25) is 9.78 Å². The molecule has 1 aromatic carbocycles. The van der Waals surface area contributed by atoms with E-state index in [-0.39, 0.29) is 24.5 Å². The summed E-state index contributed by atoms with van der Waals surface area (Å²) in [4.78, 5) is 18.6. The van der Waals surface area contributed by atoms with Crippen molar-refractivity contribution in [1.82, 2.24) is 19.8 Å². The van der Waals surface area contributed by atoms with Gasteiger partial charge in [-0.15, -0.1) is 0 Å². The summed E-state index contributed by atoms with van der Waals surface area (Å²) >= 11 is 12.1. The highest BCUT2D eigenvalue weighted by molar-refractivity contribution is 7.80. The van der Waals surface area contributed by atoms with Gasteiger partial charge < -0.3 is 19.5 Å². The Morgan fingerprint density at radius 1 is 1.21 bits per heavy atom. The van der Waals surface area contributed by atoms with Crippen LogP contribution in [0.2, 0.25) is 5.02 Å². The number of nitrogens with one attached hydrogen (secondary N) is 1. The molecule has 2 aromatic heterocycles. The minimum Gasteiger partial charge on any atom is -0.469 e. The van der Waals surface area contributed by atoms with Crippen LogP contribution in [0.3, 0.4) is 0 Å². The predicted molar refractivity (Wildman–Crippen MR) is 134 cm³/mol. The number of pyridine rings is 1. The smallest absolute Gasteiger partial charge is 0.307 e. The molecule has 3 heterocycles. The maximum Gasteiger partial charge on any atom is 0.307 e. The number of ether oxygens (including phenoxy) is 1. The van der Waals surface area contributed by atoms with Crippen molar-refractivity contribution in [3.63, 3.8) is 0 Å². The molecular weight excluding hydrogens is 456 g/mol. The lowest BCUT2D eigenvalue weighted by Gasteiger charge is -2.28. The molecule has 0 unspecified atom stereocenters. The molecule has 0 aliphatic carbocycles. The number of hydrogen-bond donors (Lipinski definition) is 1. The van der Waals surface area contributed by atoms with Gasteiger partial charge in [0.2, 0.25) is 0 Å². The number of carbonyl (C=O) groups is 1. The Morgan fingerprint density at radius 2 is 2.00 bits per heavy atom. The number of thiocarbonyl (C=S) groups is 1. The number of halogens is 1. The maximum atomic E-state index is 11.9. The van der Waals surface area contributed by atoms with E-state index < -0.39 is 0 Å². The quantitative estimate of drug-likeness (QED) is 0.394. The largest absolute Gasteiger partial charge is 0.469 e. The molecule has 0 saturated carbocycles. The summed E-state index contributed by atoms with van der Waals surface area (Å²) in [5.74, 6) is -0.266. The van der Waals surface area contributed by atoms with Gasteiger partial charge >= 0.3 is 5.97 Å². The lowest BCUT2D eigenvalue weighted by Crippen LogP contribution is -2.32. The first kappa shape index (κ1) is 23.3. The molecule has 1 aliphatic heterocycles. The number of carbonyl (C=O) groups excluding carboxylic acids is 1. The Labute approximate surface area is 204 Å². The van der Waals surface area contributed by atoms with Crippen molar-refractivity contribution in [1.29, 1.82) is 0 Å². The molecule has 1 saturated heterocycles. The molecule has 8 heteroatoms. The van der Waals surface area contributed by atoms with Gasteiger partial charge in [-0.2, -0.15) is 0 Å². The van der Waals surface area contributed by atoms with Crippen LogP contribution in [0.15, 0.2) is 48.7 Å². The molecular formula is C25H27ClN4O2S. The van der Waals surface area contributed by atoms with Gasteiger partial charge in [0.25, 0.3) is 0 Å². The van der Waals surface area contributed by atoms with Gasteiger partial charge in [0.15, 0.2) is 5.11 Å². The van der Waals surface area contributed by atoms with Crippen molar-refractivity contribution in [3.05, 3.63) is 81.9 Å².